The summed E-state index contributed by atoms with van der Waals surface area (Å²) in [5.41, 5.74) is 10.8. The molecule has 0 spiro atoms. The number of rotatable bonds is 5. The van der Waals surface area contributed by atoms with E-state index in [0.29, 0.717) is 11.8 Å². The predicted octanol–water partition coefficient (Wildman–Crippen LogP) is 2.70. The van der Waals surface area contributed by atoms with Crippen LogP contribution < -0.4 is 15.2 Å². The van der Waals surface area contributed by atoms with Crippen LogP contribution in [0.15, 0.2) is 42.6 Å². The van der Waals surface area contributed by atoms with Crippen LogP contribution in [0.2, 0.25) is 0 Å². The molecule has 1 aromatic carbocycles. The van der Waals surface area contributed by atoms with Crippen molar-refractivity contribution in [1.29, 1.82) is 0 Å². The molecule has 7 nitrogen and oxygen atoms in total. The molecule has 1 aliphatic rings. The summed E-state index contributed by atoms with van der Waals surface area (Å²) in [5.74, 6) is 1.89. The molecule has 28 heavy (non-hydrogen) atoms. The average molecular weight is 377 g/mol. The van der Waals surface area contributed by atoms with Gasteiger partial charge in [-0.1, -0.05) is 0 Å². The Morgan fingerprint density at radius 1 is 1.04 bits per heavy atom. The van der Waals surface area contributed by atoms with Gasteiger partial charge in [0.05, 0.1) is 19.9 Å². The molecule has 3 aromatic rings. The number of nitrogen functional groups attached to an aromatic ring is 1. The molecule has 0 saturated heterocycles. The minimum Gasteiger partial charge on any atom is -0.481 e. The van der Waals surface area contributed by atoms with Crippen LogP contribution in [-0.4, -0.2) is 40.6 Å². The number of methoxy groups -OCH3 is 2. The highest BCUT2D eigenvalue weighted by atomic mass is 16.5. The lowest BCUT2D eigenvalue weighted by atomic mass is 10.1. The topological polar surface area (TPSA) is 86.4 Å². The highest BCUT2D eigenvalue weighted by Gasteiger charge is 2.20. The van der Waals surface area contributed by atoms with E-state index in [4.69, 9.17) is 20.2 Å². The minimum absolute atomic E-state index is 0.549. The average Bonchev–Trinajstić information content (AvgIpc) is 2.74. The summed E-state index contributed by atoms with van der Waals surface area (Å²) in [4.78, 5) is 16.1. The third-order valence-corrected chi connectivity index (χ3v) is 4.89. The number of pyridine rings is 1. The van der Waals surface area contributed by atoms with Crippen molar-refractivity contribution in [2.24, 2.45) is 0 Å². The fourth-order valence-electron chi connectivity index (χ4n) is 3.38. The highest BCUT2D eigenvalue weighted by molar-refractivity contribution is 5.58. The van der Waals surface area contributed by atoms with E-state index in [2.05, 4.69) is 14.9 Å². The number of aromatic nitrogens is 3. The van der Waals surface area contributed by atoms with Gasteiger partial charge in [0.15, 0.2) is 5.82 Å². The summed E-state index contributed by atoms with van der Waals surface area (Å²) in [7, 11) is 3.23. The van der Waals surface area contributed by atoms with Gasteiger partial charge < -0.3 is 15.2 Å². The molecule has 0 saturated carbocycles. The first-order valence-corrected chi connectivity index (χ1v) is 9.17. The molecular formula is C21H23N5O2. The first kappa shape index (κ1) is 18.2. The standard InChI is InChI=1S/C21H23N5O2/c1-27-19-8-5-15(21(25-19)28-2)12-26-10-9-18-16(13-26)11-23-20(24-18)14-3-6-17(22)7-4-14/h3-8,11H,9-10,12-13,22H2,1-2H3. The van der Waals surface area contributed by atoms with Gasteiger partial charge in [-0.05, 0) is 30.3 Å². The molecule has 2 aromatic heterocycles. The van der Waals surface area contributed by atoms with Crippen molar-refractivity contribution < 1.29 is 9.47 Å². The van der Waals surface area contributed by atoms with Crippen molar-refractivity contribution in [3.63, 3.8) is 0 Å². The molecule has 4 rings (SSSR count). The summed E-state index contributed by atoms with van der Waals surface area (Å²) < 4.78 is 10.6. The molecule has 2 N–H and O–H groups in total. The maximum absolute atomic E-state index is 5.76. The minimum atomic E-state index is 0.549. The molecule has 0 fully saturated rings. The number of nitrogens with zero attached hydrogens (tertiary/aromatic N) is 4. The number of hydrogen-bond donors (Lipinski definition) is 1. The van der Waals surface area contributed by atoms with E-state index in [1.165, 1.54) is 0 Å². The Labute approximate surface area is 164 Å². The number of benzene rings is 1. The van der Waals surface area contributed by atoms with Gasteiger partial charge in [-0.3, -0.25) is 4.90 Å². The van der Waals surface area contributed by atoms with Crippen LogP contribution in [0.3, 0.4) is 0 Å². The van der Waals surface area contributed by atoms with E-state index in [0.717, 1.165) is 60.0 Å². The van der Waals surface area contributed by atoms with Crippen molar-refractivity contribution in [1.82, 2.24) is 19.9 Å². The molecule has 0 bridgehead atoms. The van der Waals surface area contributed by atoms with E-state index < -0.39 is 0 Å². The van der Waals surface area contributed by atoms with Crippen molar-refractivity contribution in [2.75, 3.05) is 26.5 Å². The second-order valence-electron chi connectivity index (χ2n) is 6.77. The first-order valence-electron chi connectivity index (χ1n) is 9.17. The zero-order valence-electron chi connectivity index (χ0n) is 16.1. The van der Waals surface area contributed by atoms with E-state index in [1.54, 1.807) is 14.2 Å². The monoisotopic (exact) mass is 377 g/mol. The van der Waals surface area contributed by atoms with Gasteiger partial charge in [-0.15, -0.1) is 0 Å². The largest absolute Gasteiger partial charge is 0.481 e. The zero-order chi connectivity index (χ0) is 19.5. The van der Waals surface area contributed by atoms with Crippen LogP contribution in [0, 0.1) is 0 Å². The van der Waals surface area contributed by atoms with Gasteiger partial charge in [-0.2, -0.15) is 4.98 Å². The zero-order valence-corrected chi connectivity index (χ0v) is 16.1. The number of nitrogens with two attached hydrogens (primary N) is 1. The fraction of sp³-hybridized carbons (Fsp3) is 0.286. The number of hydrogen-bond acceptors (Lipinski definition) is 7. The second-order valence-corrected chi connectivity index (χ2v) is 6.77. The van der Waals surface area contributed by atoms with Crippen LogP contribution in [0.4, 0.5) is 5.69 Å². The lowest BCUT2D eigenvalue weighted by Crippen LogP contribution is -2.31. The SMILES string of the molecule is COc1ccc(CN2CCc3nc(-c4ccc(N)cc4)ncc3C2)c(OC)n1. The molecule has 0 radical (unpaired) electrons. The molecule has 0 aliphatic carbocycles. The molecule has 0 atom stereocenters. The molecule has 0 amide bonds. The lowest BCUT2D eigenvalue weighted by molar-refractivity contribution is 0.237. The molecule has 1 aliphatic heterocycles. The third kappa shape index (κ3) is 3.75. The molecule has 144 valence electrons. The summed E-state index contributed by atoms with van der Waals surface area (Å²) in [6.45, 7) is 2.46. The van der Waals surface area contributed by atoms with Gasteiger partial charge in [0.2, 0.25) is 11.8 Å². The second kappa shape index (κ2) is 7.82. The van der Waals surface area contributed by atoms with Crippen LogP contribution in [0.5, 0.6) is 11.8 Å². The van der Waals surface area contributed by atoms with Gasteiger partial charge in [0.1, 0.15) is 0 Å². The van der Waals surface area contributed by atoms with E-state index in [1.807, 2.05) is 42.6 Å². The Hall–Kier alpha value is -3.19. The molecule has 7 heteroatoms. The molecular weight excluding hydrogens is 354 g/mol. The normalized spacial score (nSPS) is 13.8. The summed E-state index contributed by atoms with van der Waals surface area (Å²) in [5, 5.41) is 0. The smallest absolute Gasteiger partial charge is 0.220 e. The van der Waals surface area contributed by atoms with E-state index in [-0.39, 0.29) is 0 Å². The van der Waals surface area contributed by atoms with Gasteiger partial charge in [0.25, 0.3) is 0 Å². The quantitative estimate of drug-likeness (QED) is 0.684. The van der Waals surface area contributed by atoms with Crippen LogP contribution in [-0.2, 0) is 19.5 Å². The van der Waals surface area contributed by atoms with Crippen molar-refractivity contribution in [3.05, 3.63) is 59.4 Å². The number of fused-ring (bicyclic) bond motifs is 1. The fourth-order valence-corrected chi connectivity index (χ4v) is 3.38. The maximum Gasteiger partial charge on any atom is 0.220 e. The number of ether oxygens (including phenoxy) is 2. The van der Waals surface area contributed by atoms with Gasteiger partial charge in [-0.25, -0.2) is 9.97 Å². The van der Waals surface area contributed by atoms with Crippen LogP contribution in [0.1, 0.15) is 16.8 Å². The predicted molar refractivity (Wildman–Crippen MR) is 107 cm³/mol. The maximum atomic E-state index is 5.76. The Bertz CT molecular complexity index is 975. The van der Waals surface area contributed by atoms with Gasteiger partial charge in [0, 0.05) is 60.7 Å². The Morgan fingerprint density at radius 3 is 2.61 bits per heavy atom. The van der Waals surface area contributed by atoms with Crippen molar-refractivity contribution in [3.8, 4) is 23.1 Å². The Morgan fingerprint density at radius 2 is 1.86 bits per heavy atom. The summed E-state index contributed by atoms with van der Waals surface area (Å²) in [6, 6.07) is 11.5. The summed E-state index contributed by atoms with van der Waals surface area (Å²) >= 11 is 0. The van der Waals surface area contributed by atoms with Crippen molar-refractivity contribution >= 4 is 5.69 Å². The molecule has 3 heterocycles. The van der Waals surface area contributed by atoms with E-state index in [9.17, 15) is 0 Å². The van der Waals surface area contributed by atoms with Gasteiger partial charge >= 0.3 is 0 Å². The first-order chi connectivity index (χ1) is 13.7. The Kier molecular flexibility index (Phi) is 5.08. The Balaban J connectivity index is 1.50. The highest BCUT2D eigenvalue weighted by Crippen LogP contribution is 2.25. The van der Waals surface area contributed by atoms with Crippen LogP contribution in [0.25, 0.3) is 11.4 Å². The van der Waals surface area contributed by atoms with Crippen molar-refractivity contribution in [2.45, 2.75) is 19.5 Å². The third-order valence-electron chi connectivity index (χ3n) is 4.89. The molecule has 0 unspecified atom stereocenters. The summed E-state index contributed by atoms with van der Waals surface area (Å²) in [6.07, 6.45) is 2.81. The van der Waals surface area contributed by atoms with E-state index >= 15 is 0 Å². The lowest BCUT2D eigenvalue weighted by Gasteiger charge is -2.28. The number of anilines is 1. The van der Waals surface area contributed by atoms with Crippen LogP contribution >= 0.6 is 0 Å².